The number of aliphatic hydroxyl groups is 1. The van der Waals surface area contributed by atoms with Gasteiger partial charge in [0.25, 0.3) is 0 Å². The van der Waals surface area contributed by atoms with Crippen LogP contribution in [-0.4, -0.2) is 36.1 Å². The summed E-state index contributed by atoms with van der Waals surface area (Å²) in [5, 5.41) is 21.0. The molecule has 0 radical (unpaired) electrons. The van der Waals surface area contributed by atoms with Crippen molar-refractivity contribution in [1.29, 1.82) is 0 Å². The summed E-state index contributed by atoms with van der Waals surface area (Å²) < 4.78 is 12.3. The number of ether oxygens (including phenoxy) is 1. The highest BCUT2D eigenvalue weighted by Gasteiger charge is 2.24. The van der Waals surface area contributed by atoms with Crippen LogP contribution in [0.5, 0.6) is 5.75 Å². The molecule has 0 aliphatic rings. The van der Waals surface area contributed by atoms with Crippen molar-refractivity contribution in [3.8, 4) is 17.0 Å². The van der Waals surface area contributed by atoms with E-state index in [9.17, 15) is 5.11 Å². The van der Waals surface area contributed by atoms with Crippen molar-refractivity contribution >= 4 is 38.6 Å². The van der Waals surface area contributed by atoms with Crippen LogP contribution in [0.25, 0.3) is 21.5 Å². The van der Waals surface area contributed by atoms with E-state index in [1.54, 1.807) is 29.6 Å². The second-order valence-electron chi connectivity index (χ2n) is 6.80. The van der Waals surface area contributed by atoms with E-state index < -0.39 is 5.60 Å². The average Bonchev–Trinajstić information content (AvgIpc) is 3.37. The molecule has 0 saturated heterocycles. The molecule has 1 atom stereocenters. The van der Waals surface area contributed by atoms with Gasteiger partial charge in [-0.1, -0.05) is 17.3 Å². The van der Waals surface area contributed by atoms with Crippen LogP contribution in [0, 0.1) is 0 Å². The van der Waals surface area contributed by atoms with Gasteiger partial charge in [-0.05, 0) is 41.9 Å². The highest BCUT2D eigenvalue weighted by Crippen LogP contribution is 2.33. The highest BCUT2D eigenvalue weighted by atomic mass is 32.1. The average molecular weight is 401 g/mol. The van der Waals surface area contributed by atoms with Crippen LogP contribution in [-0.2, 0) is 0 Å². The number of likely N-dealkylation sites (N-methyl/N-ethyl adjacent to an activating group) is 1. The molecule has 0 saturated carbocycles. The molecule has 0 amide bonds. The first-order valence-electron chi connectivity index (χ1n) is 8.54. The Balaban J connectivity index is 1.44. The van der Waals surface area contributed by atoms with Crippen LogP contribution in [0.1, 0.15) is 6.92 Å². The maximum absolute atomic E-state index is 10.7. The Hall–Kier alpha value is -2.35. The van der Waals surface area contributed by atoms with Crippen LogP contribution in [0.2, 0.25) is 0 Å². The molecule has 27 heavy (non-hydrogen) atoms. The Morgan fingerprint density at radius 2 is 2.15 bits per heavy atom. The zero-order valence-corrected chi connectivity index (χ0v) is 16.7. The Labute approximate surface area is 165 Å². The third-order valence-corrected chi connectivity index (χ3v) is 5.83. The molecule has 0 aliphatic heterocycles. The molecule has 3 heterocycles. The lowest BCUT2D eigenvalue weighted by molar-refractivity contribution is 0.0188. The minimum Gasteiger partial charge on any atom is -0.491 e. The Kier molecular flexibility index (Phi) is 4.90. The van der Waals surface area contributed by atoms with E-state index in [1.165, 1.54) is 0 Å². The lowest BCUT2D eigenvalue weighted by atomic mass is 10.1. The first kappa shape index (κ1) is 18.0. The second-order valence-corrected chi connectivity index (χ2v) is 8.49. The molecular formula is C20H20N2O3S2. The molecule has 0 fully saturated rings. The van der Waals surface area contributed by atoms with Gasteiger partial charge in [0.1, 0.15) is 28.4 Å². The number of anilines is 1. The van der Waals surface area contributed by atoms with Crippen LogP contribution < -0.4 is 9.64 Å². The molecule has 140 valence electrons. The molecule has 1 N–H and O–H groups in total. The second kappa shape index (κ2) is 7.34. The molecule has 3 aromatic heterocycles. The van der Waals surface area contributed by atoms with Gasteiger partial charge in [0.2, 0.25) is 0 Å². The van der Waals surface area contributed by atoms with E-state index in [0.29, 0.717) is 12.3 Å². The molecule has 0 aliphatic carbocycles. The lowest BCUT2D eigenvalue weighted by Gasteiger charge is -2.29. The summed E-state index contributed by atoms with van der Waals surface area (Å²) in [6, 6.07) is 11.7. The van der Waals surface area contributed by atoms with Crippen LogP contribution in [0.15, 0.2) is 57.1 Å². The van der Waals surface area contributed by atoms with Crippen molar-refractivity contribution in [1.82, 2.24) is 5.16 Å². The fraction of sp³-hybridized carbons (Fsp3) is 0.250. The van der Waals surface area contributed by atoms with Gasteiger partial charge >= 0.3 is 0 Å². The SMILES string of the molecule is CN(C[C@](C)(O)COc1cccc(-c2noc3ccsc23)c1)c1ccsc1. The minimum absolute atomic E-state index is 0.193. The van der Waals surface area contributed by atoms with Gasteiger partial charge in [0.15, 0.2) is 5.58 Å². The molecule has 0 spiro atoms. The van der Waals surface area contributed by atoms with Crippen LogP contribution in [0.3, 0.4) is 0 Å². The number of benzene rings is 1. The van der Waals surface area contributed by atoms with E-state index in [4.69, 9.17) is 9.26 Å². The summed E-state index contributed by atoms with van der Waals surface area (Å²) in [7, 11) is 1.97. The van der Waals surface area contributed by atoms with E-state index in [-0.39, 0.29) is 6.61 Å². The van der Waals surface area contributed by atoms with Gasteiger partial charge in [-0.15, -0.1) is 11.3 Å². The van der Waals surface area contributed by atoms with Crippen molar-refractivity contribution in [2.45, 2.75) is 12.5 Å². The van der Waals surface area contributed by atoms with E-state index in [2.05, 4.69) is 10.5 Å². The highest BCUT2D eigenvalue weighted by molar-refractivity contribution is 7.17. The molecule has 7 heteroatoms. The Morgan fingerprint density at radius 3 is 2.96 bits per heavy atom. The molecule has 5 nitrogen and oxygen atoms in total. The third-order valence-electron chi connectivity index (χ3n) is 4.26. The van der Waals surface area contributed by atoms with Crippen molar-refractivity contribution in [2.24, 2.45) is 0 Å². The van der Waals surface area contributed by atoms with E-state index in [1.807, 2.05) is 59.1 Å². The fourth-order valence-corrected chi connectivity index (χ4v) is 4.47. The van der Waals surface area contributed by atoms with Crippen LogP contribution in [0.4, 0.5) is 5.69 Å². The molecule has 0 unspecified atom stereocenters. The third kappa shape index (κ3) is 4.00. The number of nitrogens with zero attached hydrogens (tertiary/aromatic N) is 2. The summed E-state index contributed by atoms with van der Waals surface area (Å²) in [6.07, 6.45) is 0. The standard InChI is InChI=1S/C20H20N2O3S2/c1-20(23,12-22(2)15-6-8-26-11-15)13-24-16-5-3-4-14(10-16)18-19-17(25-21-18)7-9-27-19/h3-11,23H,12-13H2,1-2H3/t20-/m0/s1. The summed E-state index contributed by atoms with van der Waals surface area (Å²) in [5.74, 6) is 0.693. The number of rotatable bonds is 7. The molecule has 0 bridgehead atoms. The van der Waals surface area contributed by atoms with Gasteiger partial charge in [0, 0.05) is 30.2 Å². The van der Waals surface area contributed by atoms with Gasteiger partial charge < -0.3 is 19.3 Å². The number of hydrogen-bond donors (Lipinski definition) is 1. The summed E-state index contributed by atoms with van der Waals surface area (Å²) in [6.45, 7) is 2.45. The van der Waals surface area contributed by atoms with Gasteiger partial charge in [-0.3, -0.25) is 0 Å². The Morgan fingerprint density at radius 1 is 1.26 bits per heavy atom. The smallest absolute Gasteiger partial charge is 0.178 e. The molecule has 4 rings (SSSR count). The van der Waals surface area contributed by atoms with Crippen molar-refractivity contribution in [2.75, 3.05) is 25.1 Å². The topological polar surface area (TPSA) is 58.7 Å². The van der Waals surface area contributed by atoms with Crippen molar-refractivity contribution < 1.29 is 14.4 Å². The fourth-order valence-electron chi connectivity index (χ4n) is 2.96. The number of hydrogen-bond acceptors (Lipinski definition) is 7. The van der Waals surface area contributed by atoms with Crippen molar-refractivity contribution in [3.05, 3.63) is 52.5 Å². The zero-order chi connectivity index (χ0) is 18.9. The quantitative estimate of drug-likeness (QED) is 0.479. The zero-order valence-electron chi connectivity index (χ0n) is 15.1. The number of aromatic nitrogens is 1. The maximum Gasteiger partial charge on any atom is 0.178 e. The maximum atomic E-state index is 10.7. The van der Waals surface area contributed by atoms with E-state index >= 15 is 0 Å². The predicted molar refractivity (Wildman–Crippen MR) is 111 cm³/mol. The number of thiophene rings is 2. The monoisotopic (exact) mass is 400 g/mol. The molecular weight excluding hydrogens is 380 g/mol. The predicted octanol–water partition coefficient (Wildman–Crippen LogP) is 4.88. The normalized spacial score (nSPS) is 13.6. The Bertz CT molecular complexity index is 1020. The van der Waals surface area contributed by atoms with Crippen LogP contribution >= 0.6 is 22.7 Å². The minimum atomic E-state index is -0.985. The van der Waals surface area contributed by atoms with Gasteiger partial charge in [-0.2, -0.15) is 11.3 Å². The van der Waals surface area contributed by atoms with E-state index in [0.717, 1.165) is 27.2 Å². The molecule has 4 aromatic rings. The van der Waals surface area contributed by atoms with Gasteiger partial charge in [-0.25, -0.2) is 0 Å². The molecule has 1 aromatic carbocycles. The summed E-state index contributed by atoms with van der Waals surface area (Å²) >= 11 is 3.24. The lowest BCUT2D eigenvalue weighted by Crippen LogP contribution is -2.43. The summed E-state index contributed by atoms with van der Waals surface area (Å²) in [4.78, 5) is 2.03. The number of fused-ring (bicyclic) bond motifs is 1. The first-order valence-corrected chi connectivity index (χ1v) is 10.4. The largest absolute Gasteiger partial charge is 0.491 e. The summed E-state index contributed by atoms with van der Waals surface area (Å²) in [5.41, 5.74) is 2.65. The van der Waals surface area contributed by atoms with Crippen molar-refractivity contribution in [3.63, 3.8) is 0 Å². The van der Waals surface area contributed by atoms with Gasteiger partial charge in [0.05, 0.1) is 0 Å². The first-order chi connectivity index (χ1) is 13.0.